The summed E-state index contributed by atoms with van der Waals surface area (Å²) in [5.41, 5.74) is 0.548. The molecule has 1 aromatic carbocycles. The molecule has 0 fully saturated rings. The lowest BCUT2D eigenvalue weighted by Crippen LogP contribution is -1.77. The third-order valence-corrected chi connectivity index (χ3v) is 1.32. The number of benzene rings is 1. The van der Waals surface area contributed by atoms with Crippen LogP contribution >= 0.6 is 0 Å². The maximum atomic E-state index is 12.6. The van der Waals surface area contributed by atoms with Crippen LogP contribution in [0.2, 0.25) is 0 Å². The molecule has 0 heterocycles. The number of rotatable bonds is 1. The molecule has 60 valence electrons. The maximum Gasteiger partial charge on any atom is 0.165 e. The van der Waals surface area contributed by atoms with E-state index in [1.165, 1.54) is 24.3 Å². The SMILES string of the molecule is N#CC=Cc1ccc(O)c(F)c1. The van der Waals surface area contributed by atoms with Crippen molar-refractivity contribution in [2.45, 2.75) is 0 Å². The van der Waals surface area contributed by atoms with Gasteiger partial charge in [0, 0.05) is 6.08 Å². The van der Waals surface area contributed by atoms with Crippen LogP contribution in [0.25, 0.3) is 6.08 Å². The van der Waals surface area contributed by atoms with Crippen LogP contribution in [0.1, 0.15) is 5.56 Å². The smallest absolute Gasteiger partial charge is 0.165 e. The fourth-order valence-electron chi connectivity index (χ4n) is 0.760. The molecule has 0 aromatic heterocycles. The van der Waals surface area contributed by atoms with E-state index >= 15 is 0 Å². The molecule has 1 rings (SSSR count). The second-order valence-corrected chi connectivity index (χ2v) is 2.17. The van der Waals surface area contributed by atoms with Gasteiger partial charge in [-0.3, -0.25) is 0 Å². The van der Waals surface area contributed by atoms with Crippen LogP contribution in [0.5, 0.6) is 5.75 Å². The normalized spacial score (nSPS) is 10.0. The van der Waals surface area contributed by atoms with Crippen LogP contribution in [0, 0.1) is 17.1 Å². The van der Waals surface area contributed by atoms with Crippen molar-refractivity contribution in [3.63, 3.8) is 0 Å². The van der Waals surface area contributed by atoms with E-state index in [1.54, 1.807) is 6.07 Å². The minimum Gasteiger partial charge on any atom is -0.505 e. The van der Waals surface area contributed by atoms with Gasteiger partial charge in [0.2, 0.25) is 0 Å². The Bertz CT molecular complexity index is 352. The topological polar surface area (TPSA) is 44.0 Å². The summed E-state index contributed by atoms with van der Waals surface area (Å²) in [6.45, 7) is 0. The summed E-state index contributed by atoms with van der Waals surface area (Å²) in [6, 6.07) is 5.70. The number of hydrogen-bond acceptors (Lipinski definition) is 2. The zero-order chi connectivity index (χ0) is 8.97. The average molecular weight is 163 g/mol. The van der Waals surface area contributed by atoms with Gasteiger partial charge in [0.15, 0.2) is 11.6 Å². The summed E-state index contributed by atoms with van der Waals surface area (Å²) in [4.78, 5) is 0. The van der Waals surface area contributed by atoms with Crippen LogP contribution in [0.3, 0.4) is 0 Å². The molecule has 0 aliphatic heterocycles. The summed E-state index contributed by atoms with van der Waals surface area (Å²) >= 11 is 0. The second kappa shape index (κ2) is 3.54. The molecule has 0 amide bonds. The number of hydrogen-bond donors (Lipinski definition) is 1. The van der Waals surface area contributed by atoms with E-state index < -0.39 is 5.82 Å². The third kappa shape index (κ3) is 1.83. The molecular weight excluding hydrogens is 157 g/mol. The predicted octanol–water partition coefficient (Wildman–Crippen LogP) is 2.07. The summed E-state index contributed by atoms with van der Waals surface area (Å²) in [7, 11) is 0. The lowest BCUT2D eigenvalue weighted by Gasteiger charge is -1.95. The highest BCUT2D eigenvalue weighted by Gasteiger charge is 1.98. The summed E-state index contributed by atoms with van der Waals surface area (Å²) in [6.07, 6.45) is 2.70. The highest BCUT2D eigenvalue weighted by atomic mass is 19.1. The third-order valence-electron chi connectivity index (χ3n) is 1.32. The van der Waals surface area contributed by atoms with Crippen molar-refractivity contribution in [1.29, 1.82) is 5.26 Å². The van der Waals surface area contributed by atoms with E-state index in [9.17, 15) is 4.39 Å². The van der Waals surface area contributed by atoms with Crippen molar-refractivity contribution in [2.24, 2.45) is 0 Å². The number of allylic oxidation sites excluding steroid dienone is 1. The van der Waals surface area contributed by atoms with Crippen molar-refractivity contribution < 1.29 is 9.50 Å². The number of phenols is 1. The molecule has 0 radical (unpaired) electrons. The Morgan fingerprint density at radius 1 is 1.50 bits per heavy atom. The van der Waals surface area contributed by atoms with Crippen LogP contribution in [-0.2, 0) is 0 Å². The molecule has 0 aliphatic carbocycles. The van der Waals surface area contributed by atoms with Gasteiger partial charge < -0.3 is 5.11 Å². The van der Waals surface area contributed by atoms with Crippen molar-refractivity contribution in [1.82, 2.24) is 0 Å². The van der Waals surface area contributed by atoms with Crippen molar-refractivity contribution >= 4 is 6.08 Å². The number of aromatic hydroxyl groups is 1. The average Bonchev–Trinajstić information content (AvgIpc) is 2.07. The minimum absolute atomic E-state index is 0.385. The number of nitrogens with zero attached hydrogens (tertiary/aromatic N) is 1. The number of halogens is 1. The highest BCUT2D eigenvalue weighted by Crippen LogP contribution is 2.16. The van der Waals surface area contributed by atoms with Gasteiger partial charge in [-0.25, -0.2) is 4.39 Å². The van der Waals surface area contributed by atoms with Gasteiger partial charge in [-0.1, -0.05) is 6.07 Å². The number of phenolic OH excluding ortho intramolecular Hbond substituents is 1. The minimum atomic E-state index is -0.685. The zero-order valence-corrected chi connectivity index (χ0v) is 6.16. The van der Waals surface area contributed by atoms with Gasteiger partial charge in [0.25, 0.3) is 0 Å². The van der Waals surface area contributed by atoms with Crippen molar-refractivity contribution in [3.8, 4) is 11.8 Å². The van der Waals surface area contributed by atoms with Gasteiger partial charge in [-0.05, 0) is 23.8 Å². The van der Waals surface area contributed by atoms with Crippen LogP contribution in [0.4, 0.5) is 4.39 Å². The van der Waals surface area contributed by atoms with Gasteiger partial charge in [0.1, 0.15) is 0 Å². The first-order chi connectivity index (χ1) is 5.74. The molecule has 3 heteroatoms. The Kier molecular flexibility index (Phi) is 2.44. The molecule has 0 unspecified atom stereocenters. The van der Waals surface area contributed by atoms with Gasteiger partial charge >= 0.3 is 0 Å². The molecule has 1 aromatic rings. The van der Waals surface area contributed by atoms with Gasteiger partial charge in [0.05, 0.1) is 6.07 Å². The molecule has 0 saturated carbocycles. The first kappa shape index (κ1) is 8.28. The largest absolute Gasteiger partial charge is 0.505 e. The van der Waals surface area contributed by atoms with Gasteiger partial charge in [-0.15, -0.1) is 0 Å². The quantitative estimate of drug-likeness (QED) is 0.644. The Morgan fingerprint density at radius 2 is 2.25 bits per heavy atom. The zero-order valence-electron chi connectivity index (χ0n) is 6.16. The maximum absolute atomic E-state index is 12.6. The first-order valence-electron chi connectivity index (χ1n) is 3.28. The molecule has 1 N–H and O–H groups in total. The molecular formula is C9H6FNO. The fraction of sp³-hybridized carbons (Fsp3) is 0. The van der Waals surface area contributed by atoms with E-state index in [0.29, 0.717) is 5.56 Å². The summed E-state index contributed by atoms with van der Waals surface area (Å²) < 4.78 is 12.6. The van der Waals surface area contributed by atoms with Gasteiger partial charge in [-0.2, -0.15) is 5.26 Å². The monoisotopic (exact) mass is 163 g/mol. The second-order valence-electron chi connectivity index (χ2n) is 2.17. The lowest BCUT2D eigenvalue weighted by atomic mass is 10.2. The Labute approximate surface area is 69.2 Å². The Morgan fingerprint density at radius 3 is 2.83 bits per heavy atom. The molecule has 2 nitrogen and oxygen atoms in total. The summed E-state index contributed by atoms with van der Waals surface area (Å²) in [5.74, 6) is -1.07. The van der Waals surface area contributed by atoms with Crippen molar-refractivity contribution in [2.75, 3.05) is 0 Å². The van der Waals surface area contributed by atoms with E-state index in [0.717, 1.165) is 6.07 Å². The lowest BCUT2D eigenvalue weighted by molar-refractivity contribution is 0.432. The first-order valence-corrected chi connectivity index (χ1v) is 3.28. The van der Waals surface area contributed by atoms with E-state index in [-0.39, 0.29) is 5.75 Å². The standard InChI is InChI=1S/C9H6FNO/c10-8-6-7(2-1-5-11)3-4-9(8)12/h1-4,6,12H. The molecule has 0 atom stereocenters. The molecule has 0 saturated heterocycles. The molecule has 0 bridgehead atoms. The fourth-order valence-corrected chi connectivity index (χ4v) is 0.760. The Balaban J connectivity index is 2.99. The van der Waals surface area contributed by atoms with E-state index in [4.69, 9.17) is 10.4 Å². The van der Waals surface area contributed by atoms with Crippen LogP contribution in [-0.4, -0.2) is 5.11 Å². The molecule has 12 heavy (non-hydrogen) atoms. The Hall–Kier alpha value is -1.82. The molecule has 0 spiro atoms. The van der Waals surface area contributed by atoms with Crippen molar-refractivity contribution in [3.05, 3.63) is 35.7 Å². The summed E-state index contributed by atoms with van der Waals surface area (Å²) in [5, 5.41) is 17.0. The van der Waals surface area contributed by atoms with E-state index in [1.807, 2.05) is 0 Å². The van der Waals surface area contributed by atoms with E-state index in [2.05, 4.69) is 0 Å². The predicted molar refractivity (Wildman–Crippen MR) is 42.7 cm³/mol. The highest BCUT2D eigenvalue weighted by molar-refractivity contribution is 5.52. The number of nitriles is 1. The van der Waals surface area contributed by atoms with Crippen LogP contribution < -0.4 is 0 Å². The van der Waals surface area contributed by atoms with Crippen LogP contribution in [0.15, 0.2) is 24.3 Å². The molecule has 0 aliphatic rings.